The van der Waals surface area contributed by atoms with Crippen molar-refractivity contribution in [2.24, 2.45) is 0 Å². The van der Waals surface area contributed by atoms with E-state index in [0.29, 0.717) is 17.3 Å². The second kappa shape index (κ2) is 6.51. The Bertz CT molecular complexity index is 900. The van der Waals surface area contributed by atoms with Gasteiger partial charge in [-0.25, -0.2) is 4.39 Å². The molecule has 1 fully saturated rings. The van der Waals surface area contributed by atoms with Gasteiger partial charge in [0.15, 0.2) is 5.82 Å². The van der Waals surface area contributed by atoms with E-state index in [4.69, 9.17) is 0 Å². The maximum absolute atomic E-state index is 14.4. The molecule has 0 radical (unpaired) electrons. The predicted octanol–water partition coefficient (Wildman–Crippen LogP) is 4.27. The number of halogens is 1. The highest BCUT2D eigenvalue weighted by Gasteiger charge is 2.25. The van der Waals surface area contributed by atoms with Crippen LogP contribution in [0.3, 0.4) is 0 Å². The summed E-state index contributed by atoms with van der Waals surface area (Å²) in [6.07, 6.45) is 2.30. The van der Waals surface area contributed by atoms with E-state index >= 15 is 0 Å². The number of amides is 1. The summed E-state index contributed by atoms with van der Waals surface area (Å²) >= 11 is 0. The van der Waals surface area contributed by atoms with E-state index in [9.17, 15) is 9.18 Å². The fraction of sp³-hybridized carbons (Fsp3) is 0.200. The molecule has 0 spiro atoms. The van der Waals surface area contributed by atoms with Gasteiger partial charge in [0.25, 0.3) is 0 Å². The molecule has 0 aliphatic heterocycles. The molecule has 2 aromatic carbocycles. The number of carbonyl (C=O) groups is 1. The lowest BCUT2D eigenvalue weighted by Crippen LogP contribution is -2.15. The molecule has 5 heteroatoms. The highest BCUT2D eigenvalue weighted by atomic mass is 19.1. The number of nitrogens with one attached hydrogen (secondary N) is 2. The molecule has 0 bridgehead atoms. The maximum atomic E-state index is 14.4. The summed E-state index contributed by atoms with van der Waals surface area (Å²) in [6.45, 7) is 0. The number of anilines is 1. The molecule has 0 atom stereocenters. The number of aromatic amines is 1. The normalized spacial score (nSPS) is 13.6. The van der Waals surface area contributed by atoms with E-state index in [1.807, 2.05) is 42.5 Å². The van der Waals surface area contributed by atoms with Gasteiger partial charge in [-0.3, -0.25) is 9.89 Å². The van der Waals surface area contributed by atoms with Gasteiger partial charge in [0, 0.05) is 17.7 Å². The van der Waals surface area contributed by atoms with Crippen molar-refractivity contribution in [3.05, 3.63) is 71.7 Å². The highest BCUT2D eigenvalue weighted by Crippen LogP contribution is 2.39. The minimum absolute atomic E-state index is 0.0213. The number of nitrogens with zero attached hydrogens (tertiary/aromatic N) is 1. The zero-order chi connectivity index (χ0) is 17.2. The van der Waals surface area contributed by atoms with Crippen LogP contribution in [0.15, 0.2) is 54.6 Å². The number of carbonyl (C=O) groups excluding carboxylic acids is 1. The lowest BCUT2D eigenvalue weighted by Gasteiger charge is -2.07. The van der Waals surface area contributed by atoms with Crippen LogP contribution in [0.25, 0.3) is 11.1 Å². The number of aromatic nitrogens is 2. The molecule has 1 saturated carbocycles. The molecule has 1 aliphatic rings. The van der Waals surface area contributed by atoms with Gasteiger partial charge >= 0.3 is 0 Å². The Labute approximate surface area is 145 Å². The van der Waals surface area contributed by atoms with Crippen molar-refractivity contribution in [3.8, 4) is 11.1 Å². The molecule has 2 N–H and O–H groups in total. The Kier molecular flexibility index (Phi) is 4.06. The van der Waals surface area contributed by atoms with Crippen LogP contribution in [0.2, 0.25) is 0 Å². The molecular formula is C20H18FN3O. The summed E-state index contributed by atoms with van der Waals surface area (Å²) in [6, 6.07) is 16.4. The van der Waals surface area contributed by atoms with Gasteiger partial charge in [-0.05, 0) is 35.6 Å². The first-order valence-electron chi connectivity index (χ1n) is 8.38. The van der Waals surface area contributed by atoms with Gasteiger partial charge in [0.1, 0.15) is 5.82 Å². The molecule has 3 aromatic rings. The summed E-state index contributed by atoms with van der Waals surface area (Å²) in [7, 11) is 0. The van der Waals surface area contributed by atoms with Gasteiger partial charge in [0.05, 0.1) is 6.42 Å². The number of benzene rings is 2. The average molecular weight is 335 g/mol. The molecule has 126 valence electrons. The van der Waals surface area contributed by atoms with Crippen molar-refractivity contribution in [1.29, 1.82) is 0 Å². The van der Waals surface area contributed by atoms with Crippen molar-refractivity contribution >= 4 is 11.7 Å². The fourth-order valence-electron chi connectivity index (χ4n) is 2.86. The number of hydrogen-bond donors (Lipinski definition) is 2. The van der Waals surface area contributed by atoms with E-state index in [-0.39, 0.29) is 18.1 Å². The van der Waals surface area contributed by atoms with Gasteiger partial charge < -0.3 is 5.32 Å². The second-order valence-corrected chi connectivity index (χ2v) is 6.38. The first-order chi connectivity index (χ1) is 12.2. The zero-order valence-electron chi connectivity index (χ0n) is 13.6. The smallest absolute Gasteiger partial charge is 0.230 e. The molecule has 25 heavy (non-hydrogen) atoms. The Morgan fingerprint density at radius 2 is 1.92 bits per heavy atom. The summed E-state index contributed by atoms with van der Waals surface area (Å²) in [5.74, 6) is 0.381. The van der Waals surface area contributed by atoms with E-state index in [1.54, 1.807) is 6.07 Å². The summed E-state index contributed by atoms with van der Waals surface area (Å²) in [4.78, 5) is 12.2. The largest absolute Gasteiger partial charge is 0.309 e. The molecule has 4 nitrogen and oxygen atoms in total. The fourth-order valence-corrected chi connectivity index (χ4v) is 2.86. The van der Waals surface area contributed by atoms with Gasteiger partial charge in [-0.2, -0.15) is 5.10 Å². The number of rotatable bonds is 5. The predicted molar refractivity (Wildman–Crippen MR) is 94.7 cm³/mol. The van der Waals surface area contributed by atoms with Crippen LogP contribution in [0, 0.1) is 5.82 Å². The van der Waals surface area contributed by atoms with Crippen LogP contribution in [-0.2, 0) is 11.2 Å². The van der Waals surface area contributed by atoms with E-state index in [0.717, 1.165) is 29.7 Å². The monoisotopic (exact) mass is 335 g/mol. The second-order valence-electron chi connectivity index (χ2n) is 6.38. The van der Waals surface area contributed by atoms with Crippen molar-refractivity contribution < 1.29 is 9.18 Å². The SMILES string of the molecule is O=C(Cc1ccc(-c2ccccc2)cc1F)Nc1cc(C2CC2)[nH]n1. The standard InChI is InChI=1S/C20H18FN3O/c21-17-10-15(13-4-2-1-3-5-13)8-9-16(17)11-20(25)22-19-12-18(23-24-19)14-6-7-14/h1-5,8-10,12,14H,6-7,11H2,(H2,22,23,24,25). The topological polar surface area (TPSA) is 57.8 Å². The molecule has 4 rings (SSSR count). The first-order valence-corrected chi connectivity index (χ1v) is 8.38. The molecular weight excluding hydrogens is 317 g/mol. The molecule has 0 saturated heterocycles. The zero-order valence-corrected chi connectivity index (χ0v) is 13.6. The minimum atomic E-state index is -0.378. The van der Waals surface area contributed by atoms with Crippen molar-refractivity contribution in [3.63, 3.8) is 0 Å². The van der Waals surface area contributed by atoms with Crippen molar-refractivity contribution in [2.45, 2.75) is 25.2 Å². The van der Waals surface area contributed by atoms with Crippen LogP contribution >= 0.6 is 0 Å². The third kappa shape index (κ3) is 3.60. The average Bonchev–Trinajstić information content (AvgIpc) is 3.37. The van der Waals surface area contributed by atoms with Crippen LogP contribution in [-0.4, -0.2) is 16.1 Å². The van der Waals surface area contributed by atoms with E-state index < -0.39 is 0 Å². The maximum Gasteiger partial charge on any atom is 0.230 e. The summed E-state index contributed by atoms with van der Waals surface area (Å²) < 4.78 is 14.4. The summed E-state index contributed by atoms with van der Waals surface area (Å²) in [5, 5.41) is 9.74. The Morgan fingerprint density at radius 3 is 2.64 bits per heavy atom. The van der Waals surface area contributed by atoms with E-state index in [2.05, 4.69) is 15.5 Å². The number of hydrogen-bond acceptors (Lipinski definition) is 2. The molecule has 1 aromatic heterocycles. The van der Waals surface area contributed by atoms with Crippen LogP contribution in [0.1, 0.15) is 30.0 Å². The lowest BCUT2D eigenvalue weighted by molar-refractivity contribution is -0.115. The molecule has 1 amide bonds. The third-order valence-corrected chi connectivity index (χ3v) is 4.39. The van der Waals surface area contributed by atoms with Crippen molar-refractivity contribution in [1.82, 2.24) is 10.2 Å². The molecule has 0 unspecified atom stereocenters. The quantitative estimate of drug-likeness (QED) is 0.731. The van der Waals surface area contributed by atoms with Gasteiger partial charge in [-0.15, -0.1) is 0 Å². The third-order valence-electron chi connectivity index (χ3n) is 4.39. The van der Waals surface area contributed by atoms with Crippen LogP contribution < -0.4 is 5.32 Å². The Hall–Kier alpha value is -2.95. The van der Waals surface area contributed by atoms with Gasteiger partial charge in [0.2, 0.25) is 5.91 Å². The van der Waals surface area contributed by atoms with E-state index in [1.165, 1.54) is 6.07 Å². The Balaban J connectivity index is 1.43. The highest BCUT2D eigenvalue weighted by molar-refractivity contribution is 5.91. The summed E-state index contributed by atoms with van der Waals surface area (Å²) in [5.41, 5.74) is 3.16. The first kappa shape index (κ1) is 15.6. The van der Waals surface area contributed by atoms with Crippen molar-refractivity contribution in [2.75, 3.05) is 5.32 Å². The lowest BCUT2D eigenvalue weighted by atomic mass is 10.0. The van der Waals surface area contributed by atoms with Crippen LogP contribution in [0.4, 0.5) is 10.2 Å². The molecule has 1 aliphatic carbocycles. The molecule has 1 heterocycles. The minimum Gasteiger partial charge on any atom is -0.309 e. The Morgan fingerprint density at radius 1 is 1.12 bits per heavy atom. The van der Waals surface area contributed by atoms with Gasteiger partial charge in [-0.1, -0.05) is 42.5 Å². The van der Waals surface area contributed by atoms with Crippen LogP contribution in [0.5, 0.6) is 0 Å². The number of H-pyrrole nitrogens is 1.